The number of hydrogen-bond donors (Lipinski definition) is 1. The third kappa shape index (κ3) is 1.63. The van der Waals surface area contributed by atoms with Gasteiger partial charge in [-0.05, 0) is 31.2 Å². The molecular weight excluding hydrogens is 214 g/mol. The number of rotatable bonds is 1. The van der Waals surface area contributed by atoms with Gasteiger partial charge < -0.3 is 5.11 Å². The van der Waals surface area contributed by atoms with Crippen LogP contribution in [0, 0.1) is 6.92 Å². The SMILES string of the molecule is Cc1cccc2nc(-c3cccc(O)c3)nn12. The Bertz CT molecular complexity index is 688. The first-order valence-corrected chi connectivity index (χ1v) is 5.36. The summed E-state index contributed by atoms with van der Waals surface area (Å²) in [7, 11) is 0. The summed E-state index contributed by atoms with van der Waals surface area (Å²) in [5.41, 5.74) is 2.65. The first-order valence-electron chi connectivity index (χ1n) is 5.36. The van der Waals surface area contributed by atoms with Crippen molar-refractivity contribution in [2.45, 2.75) is 6.92 Å². The van der Waals surface area contributed by atoms with Crippen LogP contribution in [0.4, 0.5) is 0 Å². The number of phenols is 1. The van der Waals surface area contributed by atoms with Crippen LogP contribution in [0.2, 0.25) is 0 Å². The van der Waals surface area contributed by atoms with E-state index in [0.717, 1.165) is 16.9 Å². The Morgan fingerprint density at radius 1 is 1.12 bits per heavy atom. The van der Waals surface area contributed by atoms with E-state index in [0.29, 0.717) is 5.82 Å². The molecule has 4 heteroatoms. The second kappa shape index (κ2) is 3.59. The van der Waals surface area contributed by atoms with Gasteiger partial charge in [0.2, 0.25) is 0 Å². The smallest absolute Gasteiger partial charge is 0.182 e. The summed E-state index contributed by atoms with van der Waals surface area (Å²) in [4.78, 5) is 4.43. The highest BCUT2D eigenvalue weighted by molar-refractivity contribution is 5.60. The zero-order chi connectivity index (χ0) is 11.8. The highest BCUT2D eigenvalue weighted by Crippen LogP contribution is 2.20. The van der Waals surface area contributed by atoms with Crippen molar-refractivity contribution in [3.8, 4) is 17.1 Å². The van der Waals surface area contributed by atoms with E-state index >= 15 is 0 Å². The molecule has 0 saturated carbocycles. The zero-order valence-corrected chi connectivity index (χ0v) is 9.33. The van der Waals surface area contributed by atoms with Gasteiger partial charge in [0.25, 0.3) is 0 Å². The van der Waals surface area contributed by atoms with Crippen molar-refractivity contribution in [3.05, 3.63) is 48.2 Å². The third-order valence-corrected chi connectivity index (χ3v) is 2.65. The molecule has 0 saturated heterocycles. The van der Waals surface area contributed by atoms with Crippen LogP contribution in [0.1, 0.15) is 5.69 Å². The Morgan fingerprint density at radius 3 is 2.71 bits per heavy atom. The van der Waals surface area contributed by atoms with Gasteiger partial charge in [-0.2, -0.15) is 0 Å². The predicted molar refractivity (Wildman–Crippen MR) is 64.8 cm³/mol. The summed E-state index contributed by atoms with van der Waals surface area (Å²) in [6.45, 7) is 1.98. The van der Waals surface area contributed by atoms with Crippen molar-refractivity contribution in [1.29, 1.82) is 0 Å². The molecule has 0 aliphatic carbocycles. The number of nitrogens with zero attached hydrogens (tertiary/aromatic N) is 3. The molecule has 2 heterocycles. The summed E-state index contributed by atoms with van der Waals surface area (Å²) in [6, 6.07) is 12.8. The average Bonchev–Trinajstić information content (AvgIpc) is 2.74. The Balaban J connectivity index is 2.22. The maximum absolute atomic E-state index is 9.44. The first kappa shape index (κ1) is 9.84. The molecule has 1 N–H and O–H groups in total. The summed E-state index contributed by atoms with van der Waals surface area (Å²) < 4.78 is 1.79. The average molecular weight is 225 g/mol. The van der Waals surface area contributed by atoms with E-state index in [2.05, 4.69) is 10.1 Å². The van der Waals surface area contributed by atoms with Gasteiger partial charge in [0.1, 0.15) is 5.75 Å². The van der Waals surface area contributed by atoms with Crippen LogP contribution in [-0.2, 0) is 0 Å². The minimum Gasteiger partial charge on any atom is -0.508 e. The highest BCUT2D eigenvalue weighted by Gasteiger charge is 2.07. The van der Waals surface area contributed by atoms with Crippen molar-refractivity contribution in [1.82, 2.24) is 14.6 Å². The summed E-state index contributed by atoms with van der Waals surface area (Å²) in [5, 5.41) is 13.9. The molecular formula is C13H11N3O. The van der Waals surface area contributed by atoms with Crippen LogP contribution >= 0.6 is 0 Å². The van der Waals surface area contributed by atoms with E-state index in [1.807, 2.05) is 31.2 Å². The summed E-state index contributed by atoms with van der Waals surface area (Å²) in [6.07, 6.45) is 0. The van der Waals surface area contributed by atoms with Gasteiger partial charge in [-0.15, -0.1) is 5.10 Å². The maximum atomic E-state index is 9.44. The molecule has 0 unspecified atom stereocenters. The lowest BCUT2D eigenvalue weighted by Gasteiger charge is -1.95. The topological polar surface area (TPSA) is 50.4 Å². The van der Waals surface area contributed by atoms with Crippen molar-refractivity contribution >= 4 is 5.65 Å². The standard InChI is InChI=1S/C13H11N3O/c1-9-4-2-7-12-14-13(15-16(9)12)10-5-3-6-11(17)8-10/h2-8,17H,1H3. The Labute approximate surface area is 98.2 Å². The Hall–Kier alpha value is -2.36. The molecule has 0 radical (unpaired) electrons. The molecule has 0 fully saturated rings. The quantitative estimate of drug-likeness (QED) is 0.691. The third-order valence-electron chi connectivity index (χ3n) is 2.65. The fourth-order valence-corrected chi connectivity index (χ4v) is 1.80. The Kier molecular flexibility index (Phi) is 2.08. The van der Waals surface area contributed by atoms with Crippen molar-refractivity contribution < 1.29 is 5.11 Å². The lowest BCUT2D eigenvalue weighted by atomic mass is 10.2. The minimum atomic E-state index is 0.220. The molecule has 0 spiro atoms. The summed E-state index contributed by atoms with van der Waals surface area (Å²) in [5.74, 6) is 0.841. The van der Waals surface area contributed by atoms with Crippen LogP contribution < -0.4 is 0 Å². The number of hydrogen-bond acceptors (Lipinski definition) is 3. The minimum absolute atomic E-state index is 0.220. The van der Waals surface area contributed by atoms with E-state index < -0.39 is 0 Å². The number of pyridine rings is 1. The molecule has 4 nitrogen and oxygen atoms in total. The molecule has 0 aliphatic rings. The number of phenolic OH excluding ortho intramolecular Hbond substituents is 1. The fraction of sp³-hybridized carbons (Fsp3) is 0.0769. The second-order valence-corrected chi connectivity index (χ2v) is 3.92. The van der Waals surface area contributed by atoms with Crippen molar-refractivity contribution in [2.24, 2.45) is 0 Å². The molecule has 3 aromatic rings. The van der Waals surface area contributed by atoms with Crippen LogP contribution in [0.5, 0.6) is 5.75 Å². The van der Waals surface area contributed by atoms with E-state index in [9.17, 15) is 5.11 Å². The second-order valence-electron chi connectivity index (χ2n) is 3.92. The highest BCUT2D eigenvalue weighted by atomic mass is 16.3. The molecule has 0 amide bonds. The molecule has 0 aliphatic heterocycles. The lowest BCUT2D eigenvalue weighted by Crippen LogP contribution is -1.91. The fourth-order valence-electron chi connectivity index (χ4n) is 1.80. The lowest BCUT2D eigenvalue weighted by molar-refractivity contribution is 0.475. The molecule has 3 rings (SSSR count). The van der Waals surface area contributed by atoms with Gasteiger partial charge in [0.15, 0.2) is 11.5 Å². The largest absolute Gasteiger partial charge is 0.508 e. The molecule has 84 valence electrons. The zero-order valence-electron chi connectivity index (χ0n) is 9.33. The van der Waals surface area contributed by atoms with E-state index in [4.69, 9.17) is 0 Å². The number of aromatic nitrogens is 3. The number of fused-ring (bicyclic) bond motifs is 1. The van der Waals surface area contributed by atoms with Gasteiger partial charge in [-0.1, -0.05) is 18.2 Å². The van der Waals surface area contributed by atoms with E-state index in [-0.39, 0.29) is 5.75 Å². The normalized spacial score (nSPS) is 10.9. The van der Waals surface area contributed by atoms with E-state index in [1.165, 1.54) is 0 Å². The number of aromatic hydroxyl groups is 1. The van der Waals surface area contributed by atoms with E-state index in [1.54, 1.807) is 22.7 Å². The van der Waals surface area contributed by atoms with Crippen LogP contribution in [0.15, 0.2) is 42.5 Å². The number of aryl methyl sites for hydroxylation is 1. The molecule has 0 bridgehead atoms. The Morgan fingerprint density at radius 2 is 1.94 bits per heavy atom. The molecule has 0 atom stereocenters. The number of benzene rings is 1. The van der Waals surface area contributed by atoms with Gasteiger partial charge in [-0.3, -0.25) is 0 Å². The monoisotopic (exact) mass is 225 g/mol. The van der Waals surface area contributed by atoms with Crippen LogP contribution in [0.25, 0.3) is 17.0 Å². The van der Waals surface area contributed by atoms with Gasteiger partial charge >= 0.3 is 0 Å². The molecule has 17 heavy (non-hydrogen) atoms. The van der Waals surface area contributed by atoms with Gasteiger partial charge in [-0.25, -0.2) is 9.50 Å². The van der Waals surface area contributed by atoms with Crippen LogP contribution in [-0.4, -0.2) is 19.7 Å². The maximum Gasteiger partial charge on any atom is 0.182 e. The molecule has 1 aromatic carbocycles. The van der Waals surface area contributed by atoms with Gasteiger partial charge in [0, 0.05) is 11.3 Å². The van der Waals surface area contributed by atoms with Crippen molar-refractivity contribution in [2.75, 3.05) is 0 Å². The van der Waals surface area contributed by atoms with Crippen LogP contribution in [0.3, 0.4) is 0 Å². The summed E-state index contributed by atoms with van der Waals surface area (Å²) >= 11 is 0. The van der Waals surface area contributed by atoms with Gasteiger partial charge in [0.05, 0.1) is 0 Å². The molecule has 2 aromatic heterocycles. The first-order chi connectivity index (χ1) is 8.24. The predicted octanol–water partition coefficient (Wildman–Crippen LogP) is 2.41. The van der Waals surface area contributed by atoms with Crippen molar-refractivity contribution in [3.63, 3.8) is 0 Å².